The number of amides is 2. The number of hydrogen-bond donors (Lipinski definition) is 3. The fourth-order valence-electron chi connectivity index (χ4n) is 6.07. The molecule has 1 saturated carbocycles. The second-order valence-corrected chi connectivity index (χ2v) is 10.7. The number of nitrogens with zero attached hydrogens (tertiary/aromatic N) is 3. The lowest BCUT2D eigenvalue weighted by atomic mass is 9.85. The van der Waals surface area contributed by atoms with E-state index in [2.05, 4.69) is 10.3 Å². The number of rotatable bonds is 7. The van der Waals surface area contributed by atoms with Crippen LogP contribution in [-0.4, -0.2) is 61.8 Å². The molecule has 0 unspecified atom stereocenters. The van der Waals surface area contributed by atoms with Crippen molar-refractivity contribution < 1.29 is 33.0 Å². The number of hydrogen-bond acceptors (Lipinski definition) is 5. The average molecular weight is 559 g/mol. The molecule has 1 aliphatic carbocycles. The molecule has 1 aromatic heterocycles. The van der Waals surface area contributed by atoms with Crippen molar-refractivity contribution in [3.8, 4) is 0 Å². The Morgan fingerprint density at radius 1 is 0.950 bits per heavy atom. The van der Waals surface area contributed by atoms with Gasteiger partial charge in [-0.25, -0.2) is 4.98 Å². The van der Waals surface area contributed by atoms with Gasteiger partial charge in [-0.3, -0.25) is 9.59 Å². The van der Waals surface area contributed by atoms with Crippen LogP contribution in [0.15, 0.2) is 54.6 Å². The highest BCUT2D eigenvalue weighted by Gasteiger charge is 2.41. The Balaban J connectivity index is 1.15. The molecular weight excluding hydrogens is 525 g/mol. The first-order valence-corrected chi connectivity index (χ1v) is 13.7. The highest BCUT2D eigenvalue weighted by atomic mass is 19.4. The monoisotopic (exact) mass is 558 g/mol. The third-order valence-corrected chi connectivity index (χ3v) is 8.14. The SMILES string of the molecule is O=C(NC[C@H]1CC[C@@H](n2c(C(F)(F)F)nc3ccccc32)CC1)[C@H](O)[C@@H](O)C(=O)N1CCC[C@@H]1c1ccccc1. The normalized spacial score (nSPS) is 23.2. The molecule has 2 amide bonds. The average Bonchev–Trinajstić information content (AvgIpc) is 3.61. The molecule has 1 saturated heterocycles. The van der Waals surface area contributed by atoms with Crippen molar-refractivity contribution in [2.45, 2.75) is 69.0 Å². The summed E-state index contributed by atoms with van der Waals surface area (Å²) in [6, 6.07) is 15.4. The lowest BCUT2D eigenvalue weighted by Crippen LogP contribution is -2.51. The summed E-state index contributed by atoms with van der Waals surface area (Å²) in [5.74, 6) is -2.45. The number of halogens is 3. The van der Waals surface area contributed by atoms with E-state index in [1.807, 2.05) is 30.3 Å². The molecule has 11 heteroatoms. The van der Waals surface area contributed by atoms with Gasteiger partial charge in [0.2, 0.25) is 5.82 Å². The zero-order chi connectivity index (χ0) is 28.4. The van der Waals surface area contributed by atoms with Crippen molar-refractivity contribution >= 4 is 22.8 Å². The van der Waals surface area contributed by atoms with Gasteiger partial charge in [-0.1, -0.05) is 42.5 Å². The van der Waals surface area contributed by atoms with Gasteiger partial charge in [0.25, 0.3) is 11.8 Å². The van der Waals surface area contributed by atoms with E-state index in [0.717, 1.165) is 18.4 Å². The summed E-state index contributed by atoms with van der Waals surface area (Å²) in [5, 5.41) is 23.6. The summed E-state index contributed by atoms with van der Waals surface area (Å²) in [7, 11) is 0. The van der Waals surface area contributed by atoms with Crippen molar-refractivity contribution in [2.75, 3.05) is 13.1 Å². The number of para-hydroxylation sites is 2. The minimum absolute atomic E-state index is 0.00888. The van der Waals surface area contributed by atoms with E-state index in [4.69, 9.17) is 0 Å². The van der Waals surface area contributed by atoms with E-state index >= 15 is 0 Å². The molecule has 2 aliphatic rings. The third-order valence-electron chi connectivity index (χ3n) is 8.14. The largest absolute Gasteiger partial charge is 0.449 e. The standard InChI is InChI=1S/C29H33F3N4O4/c30-29(31,32)28-34-21-9-4-5-10-23(21)36(28)20-14-12-18(13-15-20)17-33-26(39)24(37)25(38)27(40)35-16-6-11-22(35)19-7-2-1-3-8-19/h1-5,7-10,18,20,22,24-25,37-38H,6,11-17H2,(H,33,39)/t18-,20+,22-,24-,25-/m1/s1. The van der Waals surface area contributed by atoms with E-state index in [-0.39, 0.29) is 24.5 Å². The second-order valence-electron chi connectivity index (χ2n) is 10.7. The number of nitrogens with one attached hydrogen (secondary N) is 1. The predicted octanol–water partition coefficient (Wildman–Crippen LogP) is 3.99. The van der Waals surface area contributed by atoms with Gasteiger partial charge in [-0.2, -0.15) is 13.2 Å². The van der Waals surface area contributed by atoms with Crippen molar-refractivity contribution in [2.24, 2.45) is 5.92 Å². The summed E-state index contributed by atoms with van der Waals surface area (Å²) in [5.41, 5.74) is 1.68. The number of aliphatic hydroxyl groups excluding tert-OH is 2. The van der Waals surface area contributed by atoms with Crippen LogP contribution in [-0.2, 0) is 15.8 Å². The van der Waals surface area contributed by atoms with Gasteiger partial charge >= 0.3 is 6.18 Å². The van der Waals surface area contributed by atoms with Gasteiger partial charge in [-0.15, -0.1) is 0 Å². The smallest absolute Gasteiger partial charge is 0.380 e. The maximum atomic E-state index is 13.7. The summed E-state index contributed by atoms with van der Waals surface area (Å²) in [6.45, 7) is 0.617. The van der Waals surface area contributed by atoms with Gasteiger partial charge < -0.3 is 25.0 Å². The Morgan fingerprint density at radius 2 is 1.62 bits per heavy atom. The van der Waals surface area contributed by atoms with Crippen LogP contribution >= 0.6 is 0 Å². The Kier molecular flexibility index (Phi) is 8.14. The topological polar surface area (TPSA) is 108 Å². The Hall–Kier alpha value is -3.44. The van der Waals surface area contributed by atoms with Crippen LogP contribution in [0.2, 0.25) is 0 Å². The number of carbonyl (C=O) groups excluding carboxylic acids is 2. The van der Waals surface area contributed by atoms with Crippen LogP contribution < -0.4 is 5.32 Å². The molecule has 40 heavy (non-hydrogen) atoms. The van der Waals surface area contributed by atoms with Crippen LogP contribution in [0.3, 0.4) is 0 Å². The fraction of sp³-hybridized carbons (Fsp3) is 0.483. The minimum atomic E-state index is -4.57. The Labute approximate surface area is 229 Å². The van der Waals surface area contributed by atoms with Crippen LogP contribution in [0, 0.1) is 5.92 Å². The maximum absolute atomic E-state index is 13.7. The molecular formula is C29H33F3N4O4. The van der Waals surface area contributed by atoms with Gasteiger partial charge in [0.05, 0.1) is 17.1 Å². The summed E-state index contributed by atoms with van der Waals surface area (Å²) >= 11 is 0. The van der Waals surface area contributed by atoms with Crippen molar-refractivity contribution in [1.29, 1.82) is 0 Å². The molecule has 1 aliphatic heterocycles. The number of benzene rings is 2. The van der Waals surface area contributed by atoms with E-state index < -0.39 is 36.0 Å². The molecule has 5 rings (SSSR count). The van der Waals surface area contributed by atoms with Crippen molar-refractivity contribution in [3.05, 3.63) is 66.0 Å². The fourth-order valence-corrected chi connectivity index (χ4v) is 6.07. The molecule has 0 radical (unpaired) electrons. The van der Waals surface area contributed by atoms with Gasteiger partial charge in [0, 0.05) is 19.1 Å². The third kappa shape index (κ3) is 5.71. The zero-order valence-corrected chi connectivity index (χ0v) is 21.9. The first kappa shape index (κ1) is 28.1. The predicted molar refractivity (Wildman–Crippen MR) is 141 cm³/mol. The van der Waals surface area contributed by atoms with Gasteiger partial charge in [-0.05, 0) is 62.1 Å². The molecule has 2 aromatic carbocycles. The van der Waals surface area contributed by atoms with E-state index in [0.29, 0.717) is 43.3 Å². The highest BCUT2D eigenvalue weighted by Crippen LogP contribution is 2.39. The number of aromatic nitrogens is 2. The maximum Gasteiger partial charge on any atom is 0.449 e. The van der Waals surface area contributed by atoms with Crippen LogP contribution in [0.25, 0.3) is 11.0 Å². The second kappa shape index (κ2) is 11.6. The Morgan fingerprint density at radius 3 is 2.33 bits per heavy atom. The lowest BCUT2D eigenvalue weighted by molar-refractivity contribution is -0.153. The zero-order valence-electron chi connectivity index (χ0n) is 21.9. The molecule has 2 fully saturated rings. The van der Waals surface area contributed by atoms with Gasteiger partial charge in [0.1, 0.15) is 0 Å². The molecule has 3 atom stereocenters. The highest BCUT2D eigenvalue weighted by molar-refractivity contribution is 5.91. The summed E-state index contributed by atoms with van der Waals surface area (Å²) in [6.07, 6.45) is -4.82. The van der Waals surface area contributed by atoms with Crippen LogP contribution in [0.4, 0.5) is 13.2 Å². The Bertz CT molecular complexity index is 1340. The van der Waals surface area contributed by atoms with Crippen molar-refractivity contribution in [1.82, 2.24) is 19.8 Å². The molecule has 0 spiro atoms. The molecule has 0 bridgehead atoms. The number of fused-ring (bicyclic) bond motifs is 1. The first-order chi connectivity index (χ1) is 19.1. The molecule has 2 heterocycles. The lowest BCUT2D eigenvalue weighted by Gasteiger charge is -2.31. The van der Waals surface area contributed by atoms with Crippen molar-refractivity contribution in [3.63, 3.8) is 0 Å². The number of aliphatic hydroxyl groups is 2. The van der Waals surface area contributed by atoms with Crippen LogP contribution in [0.5, 0.6) is 0 Å². The molecule has 8 nitrogen and oxygen atoms in total. The van der Waals surface area contributed by atoms with E-state index in [9.17, 15) is 33.0 Å². The molecule has 214 valence electrons. The van der Waals surface area contributed by atoms with Gasteiger partial charge in [0.15, 0.2) is 12.2 Å². The minimum Gasteiger partial charge on any atom is -0.380 e. The van der Waals surface area contributed by atoms with Crippen LogP contribution in [0.1, 0.15) is 62.0 Å². The van der Waals surface area contributed by atoms with E-state index in [1.165, 1.54) is 9.47 Å². The number of imidazole rings is 1. The number of carbonyl (C=O) groups is 2. The summed E-state index contributed by atoms with van der Waals surface area (Å²) in [4.78, 5) is 30.9. The molecule has 3 N–H and O–H groups in total. The number of likely N-dealkylation sites (tertiary alicyclic amines) is 1. The number of alkyl halides is 3. The summed E-state index contributed by atoms with van der Waals surface area (Å²) < 4.78 is 42.5. The quantitative estimate of drug-likeness (QED) is 0.407. The first-order valence-electron chi connectivity index (χ1n) is 13.7. The molecule has 3 aromatic rings. The van der Waals surface area contributed by atoms with E-state index in [1.54, 1.807) is 24.3 Å².